The number of nitrogens with one attached hydrogen (secondary N) is 1. The van der Waals surface area contributed by atoms with Crippen molar-refractivity contribution >= 4 is 21.8 Å². The number of halogens is 6. The molecule has 0 unspecified atom stereocenters. The molecule has 13 heteroatoms. The third kappa shape index (κ3) is 7.18. The highest BCUT2D eigenvalue weighted by Crippen LogP contribution is 2.35. The Morgan fingerprint density at radius 3 is 2.18 bits per heavy atom. The van der Waals surface area contributed by atoms with E-state index in [4.69, 9.17) is 4.18 Å². The van der Waals surface area contributed by atoms with E-state index in [9.17, 15) is 39.6 Å². The van der Waals surface area contributed by atoms with Crippen LogP contribution in [0.25, 0.3) is 0 Å². The van der Waals surface area contributed by atoms with Crippen LogP contribution >= 0.6 is 0 Å². The Morgan fingerprint density at radius 1 is 0.895 bits per heavy atom. The van der Waals surface area contributed by atoms with Gasteiger partial charge in [-0.05, 0) is 61.9 Å². The molecule has 0 radical (unpaired) electrons. The molecular weight excluding hydrogens is 538 g/mol. The third-order valence-corrected chi connectivity index (χ3v) is 6.51. The predicted octanol–water partition coefficient (Wildman–Crippen LogP) is 6.93. The summed E-state index contributed by atoms with van der Waals surface area (Å²) in [5, 5.41) is 2.26. The summed E-state index contributed by atoms with van der Waals surface area (Å²) in [6.07, 6.45) is -9.45. The number of hydrogen-bond acceptors (Lipinski definition) is 4. The molecule has 0 bridgehead atoms. The van der Waals surface area contributed by atoms with Crippen LogP contribution in [0.5, 0.6) is 5.75 Å². The normalized spacial score (nSPS) is 12.3. The average Bonchev–Trinajstić information content (AvgIpc) is 2.81. The maximum absolute atomic E-state index is 13.3. The smallest absolute Gasteiger partial charge is 0.379 e. The zero-order valence-corrected chi connectivity index (χ0v) is 20.8. The predicted molar refractivity (Wildman–Crippen MR) is 127 cm³/mol. The molecule has 38 heavy (non-hydrogen) atoms. The zero-order chi connectivity index (χ0) is 28.3. The van der Waals surface area contributed by atoms with E-state index < -0.39 is 56.3 Å². The van der Waals surface area contributed by atoms with E-state index in [0.717, 1.165) is 30.3 Å². The lowest BCUT2D eigenvalue weighted by molar-refractivity contribution is -0.138. The Morgan fingerprint density at radius 2 is 1.55 bits per heavy atom. The molecule has 0 saturated carbocycles. The van der Waals surface area contributed by atoms with Crippen LogP contribution in [-0.2, 0) is 29.0 Å². The van der Waals surface area contributed by atoms with Gasteiger partial charge in [0.05, 0.1) is 16.8 Å². The molecule has 0 atom stereocenters. The minimum absolute atomic E-state index is 0.140. The lowest BCUT2D eigenvalue weighted by Crippen LogP contribution is -2.39. The van der Waals surface area contributed by atoms with Crippen molar-refractivity contribution in [1.29, 1.82) is 0 Å². The summed E-state index contributed by atoms with van der Waals surface area (Å²) in [4.78, 5) is 13.4. The lowest BCUT2D eigenvalue weighted by atomic mass is 10.1. The maximum Gasteiger partial charge on any atom is 0.418 e. The first-order valence-corrected chi connectivity index (χ1v) is 12.4. The van der Waals surface area contributed by atoms with Crippen LogP contribution in [0.4, 0.5) is 36.8 Å². The Labute approximate surface area is 215 Å². The summed E-state index contributed by atoms with van der Waals surface area (Å²) in [5.74, 6) is -0.230. The van der Waals surface area contributed by atoms with Crippen LogP contribution in [0.2, 0.25) is 0 Å². The number of nitrogens with zero attached hydrogens (tertiary/aromatic N) is 1. The molecule has 3 aromatic carbocycles. The minimum Gasteiger partial charge on any atom is -0.379 e. The molecule has 0 saturated heterocycles. The molecule has 204 valence electrons. The molecule has 0 aromatic heterocycles. The number of benzene rings is 3. The van der Waals surface area contributed by atoms with Gasteiger partial charge in [0.15, 0.2) is 0 Å². The van der Waals surface area contributed by atoms with Crippen LogP contribution in [0, 0.1) is 0 Å². The molecule has 0 heterocycles. The van der Waals surface area contributed by atoms with E-state index in [0.29, 0.717) is 11.6 Å². The van der Waals surface area contributed by atoms with Crippen LogP contribution < -0.4 is 9.50 Å². The molecule has 0 aliphatic heterocycles. The first-order valence-electron chi connectivity index (χ1n) is 11.0. The van der Waals surface area contributed by atoms with Gasteiger partial charge < -0.3 is 14.4 Å². The largest absolute Gasteiger partial charge is 0.418 e. The van der Waals surface area contributed by atoms with E-state index >= 15 is 0 Å². The first kappa shape index (κ1) is 28.8. The van der Waals surface area contributed by atoms with Crippen molar-refractivity contribution < 1.29 is 43.7 Å². The summed E-state index contributed by atoms with van der Waals surface area (Å²) < 4.78 is 109. The second kappa shape index (κ2) is 10.9. The third-order valence-electron chi connectivity index (χ3n) is 5.27. The van der Waals surface area contributed by atoms with Crippen molar-refractivity contribution in [2.75, 3.05) is 5.32 Å². The van der Waals surface area contributed by atoms with Crippen molar-refractivity contribution in [3.63, 3.8) is 0 Å². The molecule has 0 fully saturated rings. The van der Waals surface area contributed by atoms with E-state index in [1.807, 2.05) is 0 Å². The molecule has 0 aliphatic carbocycles. The van der Waals surface area contributed by atoms with Crippen LogP contribution in [-0.4, -0.2) is 25.4 Å². The van der Waals surface area contributed by atoms with Gasteiger partial charge in [-0.15, -0.1) is 0 Å². The van der Waals surface area contributed by atoms with Gasteiger partial charge in [0.2, 0.25) is 0 Å². The molecule has 3 aromatic rings. The first-order chi connectivity index (χ1) is 17.6. The van der Waals surface area contributed by atoms with E-state index in [1.54, 1.807) is 13.8 Å². The number of hydrogen-bond donors (Lipinski definition) is 1. The van der Waals surface area contributed by atoms with Crippen LogP contribution in [0.15, 0.2) is 77.7 Å². The Bertz CT molecular complexity index is 1410. The molecule has 3 rings (SSSR count). The quantitative estimate of drug-likeness (QED) is 0.251. The van der Waals surface area contributed by atoms with Gasteiger partial charge in [0.25, 0.3) is 0 Å². The van der Waals surface area contributed by atoms with Gasteiger partial charge in [0.1, 0.15) is 10.6 Å². The lowest BCUT2D eigenvalue weighted by Gasteiger charge is -2.28. The highest BCUT2D eigenvalue weighted by Gasteiger charge is 2.34. The standard InChI is InChI=1S/C25H22F6N2O4S/c1-16(2)33(23(34)32-22-12-4-3-11-21(22)25(29,30)31)15-17-7-5-9-19(13-17)37-38(35,36)20-10-6-8-18(14-20)24(26,27)28/h3-14,16H,15H2,1-2H3,(H,32,34). The maximum atomic E-state index is 13.3. The Hall–Kier alpha value is -3.74. The number of urea groups is 1. The van der Waals surface area contributed by atoms with Gasteiger partial charge in [0, 0.05) is 12.6 Å². The fraction of sp³-hybridized carbons (Fsp3) is 0.240. The SMILES string of the molecule is CC(C)N(Cc1cccc(OS(=O)(=O)c2cccc(C(F)(F)F)c2)c1)C(=O)Nc1ccccc1C(F)(F)F. The highest BCUT2D eigenvalue weighted by atomic mass is 32.2. The zero-order valence-electron chi connectivity index (χ0n) is 20.0. The molecule has 2 amide bonds. The summed E-state index contributed by atoms with van der Waals surface area (Å²) in [5.41, 5.74) is -2.26. The molecule has 1 N–H and O–H groups in total. The molecule has 0 spiro atoms. The summed E-state index contributed by atoms with van der Waals surface area (Å²) in [6.45, 7) is 3.12. The van der Waals surface area contributed by atoms with Gasteiger partial charge in [-0.3, -0.25) is 0 Å². The summed E-state index contributed by atoms with van der Waals surface area (Å²) in [7, 11) is -4.63. The van der Waals surface area contributed by atoms with Crippen LogP contribution in [0.1, 0.15) is 30.5 Å². The van der Waals surface area contributed by atoms with Crippen molar-refractivity contribution in [3.05, 3.63) is 89.5 Å². The Kier molecular flexibility index (Phi) is 8.30. The van der Waals surface area contributed by atoms with Crippen LogP contribution in [0.3, 0.4) is 0 Å². The fourth-order valence-electron chi connectivity index (χ4n) is 3.41. The van der Waals surface area contributed by atoms with Crippen molar-refractivity contribution in [2.24, 2.45) is 0 Å². The number of rotatable bonds is 7. The van der Waals surface area contributed by atoms with Gasteiger partial charge in [-0.2, -0.15) is 34.8 Å². The summed E-state index contributed by atoms with van der Waals surface area (Å²) in [6, 6.07) is 11.7. The molecular formula is C25H22F6N2O4S. The highest BCUT2D eigenvalue weighted by molar-refractivity contribution is 7.87. The second-order valence-electron chi connectivity index (χ2n) is 8.41. The topological polar surface area (TPSA) is 75.7 Å². The summed E-state index contributed by atoms with van der Waals surface area (Å²) >= 11 is 0. The van der Waals surface area contributed by atoms with E-state index in [1.165, 1.54) is 41.3 Å². The number of anilines is 1. The number of carbonyl (C=O) groups is 1. The number of para-hydroxylation sites is 1. The molecule has 6 nitrogen and oxygen atoms in total. The second-order valence-corrected chi connectivity index (χ2v) is 9.95. The number of carbonyl (C=O) groups excluding carboxylic acids is 1. The van der Waals surface area contributed by atoms with E-state index in [-0.39, 0.29) is 12.3 Å². The van der Waals surface area contributed by atoms with Crippen molar-refractivity contribution in [2.45, 2.75) is 43.7 Å². The fourth-order valence-corrected chi connectivity index (χ4v) is 4.38. The average molecular weight is 561 g/mol. The molecule has 0 aliphatic rings. The van der Waals surface area contributed by atoms with E-state index in [2.05, 4.69) is 5.32 Å². The monoisotopic (exact) mass is 560 g/mol. The number of alkyl halides is 6. The van der Waals surface area contributed by atoms with Gasteiger partial charge in [-0.25, -0.2) is 4.79 Å². The number of amides is 2. The minimum atomic E-state index is -4.76. The van der Waals surface area contributed by atoms with Crippen molar-refractivity contribution in [3.8, 4) is 5.75 Å². The van der Waals surface area contributed by atoms with Gasteiger partial charge in [-0.1, -0.05) is 30.3 Å². The van der Waals surface area contributed by atoms with Crippen molar-refractivity contribution in [1.82, 2.24) is 4.90 Å². The Balaban J connectivity index is 1.81. The van der Waals surface area contributed by atoms with Gasteiger partial charge >= 0.3 is 28.5 Å².